The minimum absolute atomic E-state index is 0.102. The van der Waals surface area contributed by atoms with Gasteiger partial charge in [0.25, 0.3) is 0 Å². The van der Waals surface area contributed by atoms with E-state index in [1.807, 2.05) is 24.5 Å². The molecule has 5 nitrogen and oxygen atoms in total. The van der Waals surface area contributed by atoms with Crippen LogP contribution in [-0.2, 0) is 11.3 Å². The Morgan fingerprint density at radius 1 is 1.15 bits per heavy atom. The number of methoxy groups -OCH3 is 1. The highest BCUT2D eigenvalue weighted by molar-refractivity contribution is 5.81. The van der Waals surface area contributed by atoms with E-state index in [2.05, 4.69) is 39.5 Å². The second-order valence-corrected chi connectivity index (χ2v) is 7.37. The van der Waals surface area contributed by atoms with E-state index in [9.17, 15) is 4.79 Å². The minimum Gasteiger partial charge on any atom is -0.497 e. The Hall–Kier alpha value is -2.40. The number of likely N-dealkylation sites (tertiary alicyclic amines) is 1. The molecule has 3 heterocycles. The lowest BCUT2D eigenvalue weighted by Crippen LogP contribution is -2.53. The van der Waals surface area contributed by atoms with Crippen molar-refractivity contribution in [1.82, 2.24) is 15.2 Å². The largest absolute Gasteiger partial charge is 0.497 e. The number of benzene rings is 1. The fourth-order valence-corrected chi connectivity index (χ4v) is 4.40. The maximum Gasteiger partial charge on any atom is 0.221 e. The van der Waals surface area contributed by atoms with Gasteiger partial charge in [-0.15, -0.1) is 0 Å². The van der Waals surface area contributed by atoms with Gasteiger partial charge in [-0.1, -0.05) is 12.1 Å². The highest BCUT2D eigenvalue weighted by Gasteiger charge is 2.48. The number of amides is 1. The number of nitrogens with one attached hydrogen (secondary N) is 1. The van der Waals surface area contributed by atoms with E-state index >= 15 is 0 Å². The summed E-state index contributed by atoms with van der Waals surface area (Å²) in [5.74, 6) is 1.32. The summed E-state index contributed by atoms with van der Waals surface area (Å²) in [5.41, 5.74) is 2.42. The summed E-state index contributed by atoms with van der Waals surface area (Å²) < 4.78 is 5.23. The Bertz CT molecular complexity index is 753. The number of ether oxygens (including phenoxy) is 1. The molecule has 26 heavy (non-hydrogen) atoms. The maximum absolute atomic E-state index is 12.2. The first-order valence-electron chi connectivity index (χ1n) is 9.25. The Labute approximate surface area is 154 Å². The molecule has 1 atom stereocenters. The third-order valence-electron chi connectivity index (χ3n) is 5.87. The van der Waals surface area contributed by atoms with Gasteiger partial charge in [-0.25, -0.2) is 0 Å². The molecule has 136 valence electrons. The molecule has 0 bridgehead atoms. The van der Waals surface area contributed by atoms with Gasteiger partial charge >= 0.3 is 0 Å². The number of hydrogen-bond acceptors (Lipinski definition) is 4. The molecule has 1 spiro atoms. The second kappa shape index (κ2) is 7.08. The molecular weight excluding hydrogens is 326 g/mol. The molecule has 0 unspecified atom stereocenters. The molecule has 0 saturated carbocycles. The van der Waals surface area contributed by atoms with Gasteiger partial charge < -0.3 is 10.1 Å². The maximum atomic E-state index is 12.2. The third-order valence-corrected chi connectivity index (χ3v) is 5.87. The molecule has 0 radical (unpaired) electrons. The van der Waals surface area contributed by atoms with E-state index in [4.69, 9.17) is 4.74 Å². The SMILES string of the molecule is COc1ccc(CN2CCC3(CC2)NC(=O)C[C@H]3c2ccncc2)cc1. The van der Waals surface area contributed by atoms with Crippen LogP contribution in [0.1, 0.15) is 36.3 Å². The predicted octanol–water partition coefficient (Wildman–Crippen LogP) is 2.73. The lowest BCUT2D eigenvalue weighted by molar-refractivity contribution is -0.120. The van der Waals surface area contributed by atoms with E-state index in [1.165, 1.54) is 11.1 Å². The quantitative estimate of drug-likeness (QED) is 0.920. The summed E-state index contributed by atoms with van der Waals surface area (Å²) in [4.78, 5) is 18.8. The molecule has 1 aromatic heterocycles. The van der Waals surface area contributed by atoms with E-state index < -0.39 is 0 Å². The fraction of sp³-hybridized carbons (Fsp3) is 0.429. The lowest BCUT2D eigenvalue weighted by atomic mass is 9.74. The zero-order valence-electron chi connectivity index (χ0n) is 15.1. The molecule has 1 N–H and O–H groups in total. The van der Waals surface area contributed by atoms with Gasteiger partial charge in [0, 0.05) is 49.9 Å². The van der Waals surface area contributed by atoms with Crippen LogP contribution in [0, 0.1) is 0 Å². The zero-order valence-corrected chi connectivity index (χ0v) is 15.1. The number of piperidine rings is 1. The van der Waals surface area contributed by atoms with Crippen molar-refractivity contribution < 1.29 is 9.53 Å². The van der Waals surface area contributed by atoms with Crippen molar-refractivity contribution in [1.29, 1.82) is 0 Å². The number of hydrogen-bond donors (Lipinski definition) is 1. The average Bonchev–Trinajstić information content (AvgIpc) is 3.01. The van der Waals surface area contributed by atoms with Crippen LogP contribution in [0.15, 0.2) is 48.8 Å². The number of carbonyl (C=O) groups is 1. The number of aromatic nitrogens is 1. The van der Waals surface area contributed by atoms with Crippen LogP contribution in [0.3, 0.4) is 0 Å². The van der Waals surface area contributed by atoms with Crippen LogP contribution in [-0.4, -0.2) is 41.5 Å². The Kier molecular flexibility index (Phi) is 4.64. The molecule has 2 aromatic rings. The fourth-order valence-electron chi connectivity index (χ4n) is 4.40. The zero-order chi connectivity index (χ0) is 18.0. The monoisotopic (exact) mass is 351 g/mol. The summed E-state index contributed by atoms with van der Waals surface area (Å²) in [6.45, 7) is 2.93. The third kappa shape index (κ3) is 3.31. The topological polar surface area (TPSA) is 54.5 Å². The highest BCUT2D eigenvalue weighted by atomic mass is 16.5. The average molecular weight is 351 g/mol. The summed E-state index contributed by atoms with van der Waals surface area (Å²) in [6.07, 6.45) is 6.21. The van der Waals surface area contributed by atoms with Gasteiger partial charge in [0.2, 0.25) is 5.91 Å². The Morgan fingerprint density at radius 3 is 2.50 bits per heavy atom. The van der Waals surface area contributed by atoms with Crippen LogP contribution in [0.2, 0.25) is 0 Å². The van der Waals surface area contributed by atoms with Crippen LogP contribution >= 0.6 is 0 Å². The summed E-state index contributed by atoms with van der Waals surface area (Å²) >= 11 is 0. The van der Waals surface area contributed by atoms with Crippen LogP contribution in [0.25, 0.3) is 0 Å². The van der Waals surface area contributed by atoms with Crippen molar-refractivity contribution in [2.75, 3.05) is 20.2 Å². The van der Waals surface area contributed by atoms with Gasteiger partial charge in [0.1, 0.15) is 5.75 Å². The molecule has 2 aliphatic rings. The second-order valence-electron chi connectivity index (χ2n) is 7.37. The number of nitrogens with zero attached hydrogens (tertiary/aromatic N) is 2. The van der Waals surface area contributed by atoms with E-state index in [-0.39, 0.29) is 17.4 Å². The molecular formula is C21H25N3O2. The highest BCUT2D eigenvalue weighted by Crippen LogP contribution is 2.43. The van der Waals surface area contributed by atoms with Gasteiger partial charge in [-0.05, 0) is 48.2 Å². The number of carbonyl (C=O) groups excluding carboxylic acids is 1. The molecule has 1 amide bonds. The standard InChI is InChI=1S/C21H25N3O2/c1-26-18-4-2-16(3-5-18)15-24-12-8-21(9-13-24)19(14-20(25)23-21)17-6-10-22-11-7-17/h2-7,10-11,19H,8-9,12-15H2,1H3,(H,23,25)/t19-/m0/s1. The molecule has 0 aliphatic carbocycles. The lowest BCUT2D eigenvalue weighted by Gasteiger charge is -2.43. The van der Waals surface area contributed by atoms with Gasteiger partial charge in [0.05, 0.1) is 7.11 Å². The van der Waals surface area contributed by atoms with Gasteiger partial charge in [-0.2, -0.15) is 0 Å². The molecule has 4 rings (SSSR count). The Morgan fingerprint density at radius 2 is 1.85 bits per heavy atom. The van der Waals surface area contributed by atoms with Crippen LogP contribution in [0.4, 0.5) is 0 Å². The van der Waals surface area contributed by atoms with E-state index in [0.717, 1.165) is 38.2 Å². The molecule has 1 aromatic carbocycles. The molecule has 2 fully saturated rings. The van der Waals surface area contributed by atoms with Crippen molar-refractivity contribution >= 4 is 5.91 Å². The van der Waals surface area contributed by atoms with Crippen molar-refractivity contribution in [3.63, 3.8) is 0 Å². The van der Waals surface area contributed by atoms with E-state index in [1.54, 1.807) is 7.11 Å². The molecule has 2 saturated heterocycles. The number of pyridine rings is 1. The first kappa shape index (κ1) is 17.0. The minimum atomic E-state index is -0.102. The Balaban J connectivity index is 1.43. The normalized spacial score (nSPS) is 22.3. The van der Waals surface area contributed by atoms with Crippen LogP contribution in [0.5, 0.6) is 5.75 Å². The molecule has 5 heteroatoms. The van der Waals surface area contributed by atoms with Gasteiger partial charge in [-0.3, -0.25) is 14.7 Å². The van der Waals surface area contributed by atoms with Crippen molar-refractivity contribution in [2.45, 2.75) is 37.3 Å². The first-order chi connectivity index (χ1) is 12.7. The van der Waals surface area contributed by atoms with Crippen LogP contribution < -0.4 is 10.1 Å². The summed E-state index contributed by atoms with van der Waals surface area (Å²) in [7, 11) is 1.69. The van der Waals surface area contributed by atoms with Gasteiger partial charge in [0.15, 0.2) is 0 Å². The van der Waals surface area contributed by atoms with E-state index in [0.29, 0.717) is 6.42 Å². The smallest absolute Gasteiger partial charge is 0.221 e. The first-order valence-corrected chi connectivity index (χ1v) is 9.25. The predicted molar refractivity (Wildman–Crippen MR) is 100.0 cm³/mol. The molecule has 2 aliphatic heterocycles. The summed E-state index contributed by atoms with van der Waals surface area (Å²) in [6, 6.07) is 12.4. The van der Waals surface area contributed by atoms with Crippen molar-refractivity contribution in [3.05, 3.63) is 59.9 Å². The van der Waals surface area contributed by atoms with Crippen molar-refractivity contribution in [2.24, 2.45) is 0 Å². The summed E-state index contributed by atoms with van der Waals surface area (Å²) in [5, 5.41) is 3.31. The number of rotatable bonds is 4. The van der Waals surface area contributed by atoms with Crippen molar-refractivity contribution in [3.8, 4) is 5.75 Å².